The zero-order valence-electron chi connectivity index (χ0n) is 31.1. The van der Waals surface area contributed by atoms with Crippen molar-refractivity contribution in [2.75, 3.05) is 0 Å². The summed E-state index contributed by atoms with van der Waals surface area (Å²) in [6.45, 7) is 0. The van der Waals surface area contributed by atoms with E-state index in [4.69, 9.17) is 0 Å². The minimum atomic E-state index is 0.814. The Morgan fingerprint density at radius 3 is 1.19 bits per heavy atom. The maximum Gasteiger partial charge on any atom is -0.0163 e. The smallest absolute Gasteiger partial charge is 0.0163 e. The van der Waals surface area contributed by atoms with Crippen molar-refractivity contribution >= 4 is 0 Å². The van der Waals surface area contributed by atoms with Gasteiger partial charge in [-0.05, 0) is 183 Å². The molecule has 1 spiro atoms. The van der Waals surface area contributed by atoms with Crippen LogP contribution in [0.5, 0.6) is 0 Å². The van der Waals surface area contributed by atoms with Crippen molar-refractivity contribution in [2.24, 2.45) is 29.1 Å². The molecule has 10 rings (SSSR count). The van der Waals surface area contributed by atoms with Gasteiger partial charge in [0.1, 0.15) is 0 Å². The average Bonchev–Trinajstić information content (AvgIpc) is 4.01. The minimum Gasteiger partial charge on any atom is -0.0885 e. The number of allylic oxidation sites excluding steroid dienone is 16. The van der Waals surface area contributed by atoms with E-state index in [0.29, 0.717) is 0 Å². The van der Waals surface area contributed by atoms with Crippen LogP contribution >= 0.6 is 0 Å². The molecule has 266 valence electrons. The fraction of sp³-hybridized carbons (Fsp3) is 0.667. The third-order valence-electron chi connectivity index (χ3n) is 12.1. The van der Waals surface area contributed by atoms with E-state index < -0.39 is 0 Å². The second-order valence-corrected chi connectivity index (χ2v) is 16.0. The molecule has 0 amide bonds. The van der Waals surface area contributed by atoms with Gasteiger partial charge in [0, 0.05) is 0 Å². The van der Waals surface area contributed by atoms with Gasteiger partial charge in [0.25, 0.3) is 0 Å². The van der Waals surface area contributed by atoms with Gasteiger partial charge in [-0.2, -0.15) is 0 Å². The van der Waals surface area contributed by atoms with Crippen LogP contribution in [0.25, 0.3) is 0 Å². The second-order valence-electron chi connectivity index (χ2n) is 16.0. The van der Waals surface area contributed by atoms with Crippen molar-refractivity contribution in [1.29, 1.82) is 0 Å². The van der Waals surface area contributed by atoms with E-state index in [-0.39, 0.29) is 0 Å². The van der Waals surface area contributed by atoms with Gasteiger partial charge >= 0.3 is 0 Å². The first-order chi connectivity index (χ1) is 23.8. The Labute approximate surface area is 298 Å². The molecule has 4 atom stereocenters. The lowest BCUT2D eigenvalue weighted by Gasteiger charge is -2.43. The van der Waals surface area contributed by atoms with Gasteiger partial charge in [0.15, 0.2) is 0 Å². The SMILES string of the molecule is C1=CC2CCC1C2.C1=CCC2(CC1)CCC2.C1=CCC2CCCC2C1.C1=CCC=C1.C1=CCCC1.C1=CCCCC1.C1=CCCCCC1. The summed E-state index contributed by atoms with van der Waals surface area (Å²) < 4.78 is 0. The summed E-state index contributed by atoms with van der Waals surface area (Å²) in [4.78, 5) is 0. The number of hydrogen-bond acceptors (Lipinski definition) is 0. The van der Waals surface area contributed by atoms with E-state index in [0.717, 1.165) is 35.5 Å². The Morgan fingerprint density at radius 1 is 0.375 bits per heavy atom. The van der Waals surface area contributed by atoms with E-state index in [9.17, 15) is 0 Å². The quantitative estimate of drug-likeness (QED) is 0.229. The van der Waals surface area contributed by atoms with Crippen LogP contribution in [0, 0.1) is 29.1 Å². The summed E-state index contributed by atoms with van der Waals surface area (Å²) in [6.07, 6.45) is 74.1. The van der Waals surface area contributed by atoms with Gasteiger partial charge in [-0.1, -0.05) is 116 Å². The van der Waals surface area contributed by atoms with Crippen LogP contribution in [0.2, 0.25) is 0 Å². The third-order valence-corrected chi connectivity index (χ3v) is 12.1. The van der Waals surface area contributed by atoms with Gasteiger partial charge < -0.3 is 0 Å². The molecule has 2 bridgehead atoms. The van der Waals surface area contributed by atoms with Crippen molar-refractivity contribution in [3.63, 3.8) is 0 Å². The van der Waals surface area contributed by atoms with Crippen LogP contribution in [0.1, 0.15) is 173 Å². The summed E-state index contributed by atoms with van der Waals surface area (Å²) in [5.41, 5.74) is 0.814. The van der Waals surface area contributed by atoms with Crippen LogP contribution in [0.4, 0.5) is 0 Å². The highest BCUT2D eigenvalue weighted by Crippen LogP contribution is 2.49. The average molecular weight is 651 g/mol. The highest BCUT2D eigenvalue weighted by Gasteiger charge is 2.35. The minimum absolute atomic E-state index is 0.814. The molecule has 0 heterocycles. The molecular formula is C48H74. The second kappa shape index (κ2) is 25.0. The Hall–Kier alpha value is -2.08. The molecule has 10 aliphatic carbocycles. The first-order valence-corrected chi connectivity index (χ1v) is 21.1. The predicted molar refractivity (Wildman–Crippen MR) is 214 cm³/mol. The molecular weight excluding hydrogens is 577 g/mol. The molecule has 0 aromatic rings. The molecule has 0 heteroatoms. The molecule has 0 nitrogen and oxygen atoms in total. The lowest BCUT2D eigenvalue weighted by atomic mass is 9.62. The number of hydrogen-bond donors (Lipinski definition) is 0. The van der Waals surface area contributed by atoms with Crippen LogP contribution in [0.15, 0.2) is 97.2 Å². The lowest BCUT2D eigenvalue weighted by molar-refractivity contribution is 0.119. The molecule has 0 saturated heterocycles. The van der Waals surface area contributed by atoms with Gasteiger partial charge in [0.05, 0.1) is 0 Å². The maximum absolute atomic E-state index is 2.38. The first kappa shape index (κ1) is 38.7. The Balaban J connectivity index is 0.000000128. The summed E-state index contributed by atoms with van der Waals surface area (Å²) >= 11 is 0. The molecule has 0 aliphatic heterocycles. The van der Waals surface area contributed by atoms with E-state index in [2.05, 4.69) is 97.2 Å². The van der Waals surface area contributed by atoms with E-state index in [1.165, 1.54) is 167 Å². The highest BCUT2D eigenvalue weighted by atomic mass is 14.4. The summed E-state index contributed by atoms with van der Waals surface area (Å²) in [5.74, 6) is 4.14. The van der Waals surface area contributed by atoms with Crippen LogP contribution < -0.4 is 0 Å². The van der Waals surface area contributed by atoms with Gasteiger partial charge in [-0.25, -0.2) is 0 Å². The molecule has 48 heavy (non-hydrogen) atoms. The van der Waals surface area contributed by atoms with Crippen LogP contribution in [0.3, 0.4) is 0 Å². The zero-order valence-corrected chi connectivity index (χ0v) is 31.1. The first-order valence-electron chi connectivity index (χ1n) is 21.1. The molecule has 0 radical (unpaired) electrons. The maximum atomic E-state index is 2.38. The summed E-state index contributed by atoms with van der Waals surface area (Å²) in [5, 5.41) is 0. The molecule has 3 fully saturated rings. The van der Waals surface area contributed by atoms with Gasteiger partial charge in [-0.3, -0.25) is 0 Å². The standard InChI is InChI=1S/2C9H14.C7H10.C7H12.C6H10.C5H8.C5H6/c1-2-5-9-7-3-6-8(9)4-1;1-2-5-9(6-3-1)7-4-8-9;1-2-7-4-3-6(1)5-7;1-2-4-6-7-5-3-1;1-2-4-6-5-3-1;2*1-2-4-5-3-1/h1-2,8-9H,3-7H2;1-2H,3-8H2;1-2,6-7H,3-5H2;1-2H,3-7H2;1-2H,3-6H2;1-2H,3-5H2;1-4H,5H2. The topological polar surface area (TPSA) is 0 Å². The lowest BCUT2D eigenvalue weighted by Crippen LogP contribution is -2.29. The largest absolute Gasteiger partial charge is 0.0885 e. The van der Waals surface area contributed by atoms with Crippen LogP contribution in [-0.2, 0) is 0 Å². The van der Waals surface area contributed by atoms with Gasteiger partial charge in [0.2, 0.25) is 0 Å². The number of rotatable bonds is 0. The normalized spacial score (nSPS) is 29.8. The number of fused-ring (bicyclic) bond motifs is 3. The van der Waals surface area contributed by atoms with Crippen molar-refractivity contribution in [1.82, 2.24) is 0 Å². The molecule has 10 aliphatic rings. The highest BCUT2D eigenvalue weighted by molar-refractivity contribution is 5.12. The van der Waals surface area contributed by atoms with E-state index in [1.807, 2.05) is 0 Å². The van der Waals surface area contributed by atoms with Crippen molar-refractivity contribution < 1.29 is 0 Å². The molecule has 4 unspecified atom stereocenters. The molecule has 0 N–H and O–H groups in total. The van der Waals surface area contributed by atoms with Crippen molar-refractivity contribution in [3.8, 4) is 0 Å². The molecule has 3 saturated carbocycles. The Morgan fingerprint density at radius 2 is 0.875 bits per heavy atom. The fourth-order valence-corrected chi connectivity index (χ4v) is 8.75. The van der Waals surface area contributed by atoms with Crippen molar-refractivity contribution in [2.45, 2.75) is 173 Å². The summed E-state index contributed by atoms with van der Waals surface area (Å²) in [6, 6.07) is 0. The fourth-order valence-electron chi connectivity index (χ4n) is 8.75. The Kier molecular flexibility index (Phi) is 20.1. The third kappa shape index (κ3) is 16.5. The zero-order chi connectivity index (χ0) is 33.2. The van der Waals surface area contributed by atoms with E-state index in [1.54, 1.807) is 0 Å². The Bertz CT molecular complexity index is 994. The monoisotopic (exact) mass is 651 g/mol. The van der Waals surface area contributed by atoms with Crippen molar-refractivity contribution in [3.05, 3.63) is 97.2 Å². The molecule has 0 aromatic carbocycles. The van der Waals surface area contributed by atoms with Crippen LogP contribution in [-0.4, -0.2) is 0 Å². The molecule has 0 aromatic heterocycles. The van der Waals surface area contributed by atoms with E-state index >= 15 is 0 Å². The summed E-state index contributed by atoms with van der Waals surface area (Å²) in [7, 11) is 0. The predicted octanol–water partition coefficient (Wildman–Crippen LogP) is 15.5. The van der Waals surface area contributed by atoms with Gasteiger partial charge in [-0.15, -0.1) is 0 Å².